The number of aromatic nitrogens is 7. The molecule has 0 aliphatic carbocycles. The van der Waals surface area contributed by atoms with Crippen LogP contribution in [0.5, 0.6) is 0 Å². The van der Waals surface area contributed by atoms with Gasteiger partial charge in [0, 0.05) is 19.3 Å². The van der Waals surface area contributed by atoms with Crippen molar-refractivity contribution in [2.75, 3.05) is 11.1 Å². The summed E-state index contributed by atoms with van der Waals surface area (Å²) in [5.74, 6) is 1.73. The van der Waals surface area contributed by atoms with Gasteiger partial charge in [-0.3, -0.25) is 0 Å². The third kappa shape index (κ3) is 2.53. The molecule has 0 radical (unpaired) electrons. The minimum atomic E-state index is 0.0947. The molecule has 0 unspecified atom stereocenters. The van der Waals surface area contributed by atoms with Crippen LogP contribution in [0.1, 0.15) is 11.7 Å². The summed E-state index contributed by atoms with van der Waals surface area (Å²) in [5, 5.41) is 10.7. The van der Waals surface area contributed by atoms with E-state index < -0.39 is 0 Å². The Hall–Kier alpha value is -3.04. The minimum Gasteiger partial charge on any atom is -0.368 e. The van der Waals surface area contributed by atoms with E-state index in [1.807, 2.05) is 0 Å². The van der Waals surface area contributed by atoms with Crippen LogP contribution in [0.4, 0.5) is 11.9 Å². The molecule has 3 N–H and O–H groups in total. The third-order valence-corrected chi connectivity index (χ3v) is 2.32. The van der Waals surface area contributed by atoms with Gasteiger partial charge in [0.2, 0.25) is 17.8 Å². The van der Waals surface area contributed by atoms with Crippen molar-refractivity contribution in [3.8, 4) is 5.95 Å². The molecule has 0 atom stereocenters. The maximum absolute atomic E-state index is 5.65. The predicted octanol–water partition coefficient (Wildman–Crippen LogP) is -0.0570. The highest BCUT2D eigenvalue weighted by Gasteiger charge is 2.08. The van der Waals surface area contributed by atoms with Crippen LogP contribution < -0.4 is 11.1 Å². The van der Waals surface area contributed by atoms with Gasteiger partial charge in [-0.15, -0.1) is 0 Å². The van der Waals surface area contributed by atoms with Gasteiger partial charge in [-0.05, 0) is 6.07 Å². The molecule has 10 heteroatoms. The zero-order chi connectivity index (χ0) is 13.9. The summed E-state index contributed by atoms with van der Waals surface area (Å²) in [5.41, 5.74) is 5.65. The summed E-state index contributed by atoms with van der Waals surface area (Å²) in [6.07, 6.45) is 3.33. The van der Waals surface area contributed by atoms with Crippen LogP contribution in [0.15, 0.2) is 23.0 Å². The summed E-state index contributed by atoms with van der Waals surface area (Å²) >= 11 is 0. The molecule has 0 spiro atoms. The van der Waals surface area contributed by atoms with E-state index in [0.717, 1.165) is 0 Å². The lowest BCUT2D eigenvalue weighted by molar-refractivity contribution is 0.388. The first-order valence-corrected chi connectivity index (χ1v) is 5.75. The molecule has 0 aromatic carbocycles. The Kier molecular flexibility index (Phi) is 2.95. The summed E-state index contributed by atoms with van der Waals surface area (Å²) in [7, 11) is 0. The fourth-order valence-electron chi connectivity index (χ4n) is 1.52. The van der Waals surface area contributed by atoms with E-state index in [1.165, 1.54) is 4.68 Å². The van der Waals surface area contributed by atoms with Crippen LogP contribution in [0.2, 0.25) is 0 Å². The minimum absolute atomic E-state index is 0.0947. The smallest absolute Gasteiger partial charge is 0.257 e. The molecular weight excluding hydrogens is 262 g/mol. The second-order valence-electron chi connectivity index (χ2n) is 3.85. The van der Waals surface area contributed by atoms with Crippen molar-refractivity contribution >= 4 is 11.9 Å². The van der Waals surface area contributed by atoms with Gasteiger partial charge in [-0.25, -0.2) is 4.68 Å². The number of nitrogens with two attached hydrogens (primary N) is 1. The summed E-state index contributed by atoms with van der Waals surface area (Å²) in [6, 6.07) is 1.76. The maximum atomic E-state index is 5.65. The standard InChI is InChI=1S/C10H11N9O/c1-6-14-7(18-20-6)5-12-9-15-8(11)16-10(17-9)19-4-2-3-13-19/h2-4H,5H2,1H3,(H3,11,12,15,16,17). The SMILES string of the molecule is Cc1nc(CNc2nc(N)nc(-n3cccn3)n2)no1. The van der Waals surface area contributed by atoms with Gasteiger partial charge in [-0.1, -0.05) is 5.16 Å². The zero-order valence-electron chi connectivity index (χ0n) is 10.6. The third-order valence-electron chi connectivity index (χ3n) is 2.32. The number of nitrogen functional groups attached to an aromatic ring is 1. The molecule has 0 saturated heterocycles. The first-order chi connectivity index (χ1) is 9.70. The molecule has 10 nitrogen and oxygen atoms in total. The molecule has 102 valence electrons. The quantitative estimate of drug-likeness (QED) is 0.670. The molecule has 3 aromatic rings. The summed E-state index contributed by atoms with van der Waals surface area (Å²) in [4.78, 5) is 16.2. The van der Waals surface area contributed by atoms with Crippen molar-refractivity contribution in [2.45, 2.75) is 13.5 Å². The second kappa shape index (κ2) is 4.91. The predicted molar refractivity (Wildman–Crippen MR) is 67.7 cm³/mol. The topological polar surface area (TPSA) is 133 Å². The normalized spacial score (nSPS) is 10.7. The molecule has 3 aromatic heterocycles. The molecule has 20 heavy (non-hydrogen) atoms. The lowest BCUT2D eigenvalue weighted by atomic mass is 10.6. The van der Waals surface area contributed by atoms with Crippen LogP contribution in [0, 0.1) is 6.92 Å². The van der Waals surface area contributed by atoms with E-state index in [0.29, 0.717) is 30.2 Å². The van der Waals surface area contributed by atoms with Gasteiger partial charge >= 0.3 is 0 Å². The van der Waals surface area contributed by atoms with E-state index >= 15 is 0 Å². The van der Waals surface area contributed by atoms with E-state index in [1.54, 1.807) is 25.4 Å². The first kappa shape index (κ1) is 12.0. The van der Waals surface area contributed by atoms with E-state index in [2.05, 4.69) is 35.5 Å². The van der Waals surface area contributed by atoms with Crippen molar-refractivity contribution < 1.29 is 4.52 Å². The number of rotatable bonds is 4. The van der Waals surface area contributed by atoms with Crippen molar-refractivity contribution in [3.63, 3.8) is 0 Å². The van der Waals surface area contributed by atoms with Crippen LogP contribution in [0.3, 0.4) is 0 Å². The number of hydrogen-bond acceptors (Lipinski definition) is 9. The Balaban J connectivity index is 1.79. The van der Waals surface area contributed by atoms with Gasteiger partial charge in [0.1, 0.15) is 0 Å². The van der Waals surface area contributed by atoms with Crippen LogP contribution in [-0.2, 0) is 6.54 Å². The molecule has 0 aliphatic rings. The lowest BCUT2D eigenvalue weighted by Crippen LogP contribution is -2.11. The summed E-state index contributed by atoms with van der Waals surface area (Å²) in [6.45, 7) is 2.03. The Labute approximate surface area is 113 Å². The van der Waals surface area contributed by atoms with Crippen molar-refractivity contribution in [2.24, 2.45) is 0 Å². The number of hydrogen-bond donors (Lipinski definition) is 2. The Bertz CT molecular complexity index is 705. The molecule has 0 bridgehead atoms. The molecular formula is C10H11N9O. The Morgan fingerprint density at radius 1 is 1.30 bits per heavy atom. The summed E-state index contributed by atoms with van der Waals surface area (Å²) < 4.78 is 6.35. The van der Waals surface area contributed by atoms with Crippen molar-refractivity contribution in [3.05, 3.63) is 30.2 Å². The highest BCUT2D eigenvalue weighted by atomic mass is 16.5. The van der Waals surface area contributed by atoms with Gasteiger partial charge in [0.15, 0.2) is 5.82 Å². The van der Waals surface area contributed by atoms with Crippen molar-refractivity contribution in [1.29, 1.82) is 0 Å². The first-order valence-electron chi connectivity index (χ1n) is 5.75. The molecule has 3 heterocycles. The molecule has 0 aliphatic heterocycles. The average molecular weight is 273 g/mol. The Morgan fingerprint density at radius 2 is 2.20 bits per heavy atom. The maximum Gasteiger partial charge on any atom is 0.257 e. The van der Waals surface area contributed by atoms with Crippen molar-refractivity contribution in [1.82, 2.24) is 34.9 Å². The highest BCUT2D eigenvalue weighted by Crippen LogP contribution is 2.07. The number of nitrogens with one attached hydrogen (secondary N) is 1. The van der Waals surface area contributed by atoms with Gasteiger partial charge in [-0.2, -0.15) is 25.0 Å². The van der Waals surface area contributed by atoms with Gasteiger partial charge < -0.3 is 15.6 Å². The average Bonchev–Trinajstić information content (AvgIpc) is 3.07. The number of aryl methyl sites for hydroxylation is 1. The van der Waals surface area contributed by atoms with Crippen LogP contribution >= 0.6 is 0 Å². The molecule has 0 saturated carbocycles. The van der Waals surface area contributed by atoms with Crippen LogP contribution in [0.25, 0.3) is 5.95 Å². The van der Waals surface area contributed by atoms with E-state index in [4.69, 9.17) is 10.3 Å². The molecule has 0 amide bonds. The number of anilines is 2. The highest BCUT2D eigenvalue weighted by molar-refractivity contribution is 5.34. The largest absolute Gasteiger partial charge is 0.368 e. The second-order valence-corrected chi connectivity index (χ2v) is 3.85. The molecule has 0 fully saturated rings. The van der Waals surface area contributed by atoms with E-state index in [9.17, 15) is 0 Å². The fourth-order valence-corrected chi connectivity index (χ4v) is 1.52. The lowest BCUT2D eigenvalue weighted by Gasteiger charge is -2.05. The van der Waals surface area contributed by atoms with Gasteiger partial charge in [0.25, 0.3) is 5.95 Å². The molecule has 3 rings (SSSR count). The fraction of sp³-hybridized carbons (Fsp3) is 0.200. The van der Waals surface area contributed by atoms with Crippen LogP contribution in [-0.4, -0.2) is 34.9 Å². The van der Waals surface area contributed by atoms with Gasteiger partial charge in [0.05, 0.1) is 6.54 Å². The monoisotopic (exact) mass is 273 g/mol. The zero-order valence-corrected chi connectivity index (χ0v) is 10.6. The number of nitrogens with zero attached hydrogens (tertiary/aromatic N) is 7. The Morgan fingerprint density at radius 3 is 2.90 bits per heavy atom. The van der Waals surface area contributed by atoms with E-state index in [-0.39, 0.29) is 5.95 Å².